The first-order chi connectivity index (χ1) is 13.2. The molecule has 1 saturated heterocycles. The van der Waals surface area contributed by atoms with Gasteiger partial charge in [-0.15, -0.1) is 24.0 Å². The van der Waals surface area contributed by atoms with Crippen molar-refractivity contribution in [2.24, 2.45) is 5.73 Å². The Kier molecular flexibility index (Phi) is 8.35. The van der Waals surface area contributed by atoms with Gasteiger partial charge in [-0.2, -0.15) is 4.31 Å². The van der Waals surface area contributed by atoms with Crippen LogP contribution in [-0.2, 0) is 10.0 Å². The molecule has 10 heteroatoms. The van der Waals surface area contributed by atoms with Gasteiger partial charge in [-0.3, -0.25) is 9.69 Å². The van der Waals surface area contributed by atoms with Gasteiger partial charge >= 0.3 is 0 Å². The predicted molar refractivity (Wildman–Crippen MR) is 118 cm³/mol. The van der Waals surface area contributed by atoms with Crippen molar-refractivity contribution in [2.75, 3.05) is 32.4 Å². The van der Waals surface area contributed by atoms with Crippen molar-refractivity contribution in [3.8, 4) is 0 Å². The lowest BCUT2D eigenvalue weighted by atomic mass is 9.77. The highest BCUT2D eigenvalue weighted by atomic mass is 35.5. The zero-order valence-electron chi connectivity index (χ0n) is 16.6. The molecule has 2 fully saturated rings. The molecular weight excluding hydrogens is 435 g/mol. The molecule has 3 unspecified atom stereocenters. The maximum absolute atomic E-state index is 12.7. The molecule has 1 aliphatic carbocycles. The molecule has 3 N–H and O–H groups in total. The van der Waals surface area contributed by atoms with Gasteiger partial charge in [-0.05, 0) is 31.4 Å². The lowest BCUT2D eigenvalue weighted by molar-refractivity contribution is -0.00113. The number of halogens is 2. The number of carbonyl (C=O) groups excluding carboxylic acids is 1. The van der Waals surface area contributed by atoms with Crippen molar-refractivity contribution >= 4 is 39.9 Å². The van der Waals surface area contributed by atoms with Crippen LogP contribution in [0, 0.1) is 0 Å². The maximum Gasteiger partial charge on any atom is 0.252 e. The molecule has 1 heterocycles. The number of hydrogen-bond donors (Lipinski definition) is 2. The number of amides is 1. The van der Waals surface area contributed by atoms with E-state index in [1.807, 2.05) is 18.2 Å². The van der Waals surface area contributed by atoms with Crippen LogP contribution in [0.15, 0.2) is 30.3 Å². The number of benzene rings is 1. The molecule has 1 saturated carbocycles. The van der Waals surface area contributed by atoms with Gasteiger partial charge in [0.1, 0.15) is 0 Å². The predicted octanol–water partition coefficient (Wildman–Crippen LogP) is 1.62. The molecule has 7 nitrogen and oxygen atoms in total. The summed E-state index contributed by atoms with van der Waals surface area (Å²) in [5, 5.41) is 2.96. The molecule has 3 atom stereocenters. The summed E-state index contributed by atoms with van der Waals surface area (Å²) in [7, 11) is -3.21. The molecule has 1 aliphatic heterocycles. The fraction of sp³-hybridized carbons (Fsp3) is 0.632. The van der Waals surface area contributed by atoms with Crippen LogP contribution in [0.1, 0.15) is 36.0 Å². The zero-order chi connectivity index (χ0) is 20.4. The Balaban J connectivity index is 0.00000300. The van der Waals surface area contributed by atoms with E-state index in [9.17, 15) is 13.2 Å². The minimum Gasteiger partial charge on any atom is -0.335 e. The fourth-order valence-corrected chi connectivity index (χ4v) is 5.65. The lowest BCUT2D eigenvalue weighted by Crippen LogP contribution is -2.70. The Hall–Kier alpha value is -0.900. The van der Waals surface area contributed by atoms with Crippen LogP contribution in [-0.4, -0.2) is 73.0 Å². The van der Waals surface area contributed by atoms with Crippen molar-refractivity contribution in [3.05, 3.63) is 35.9 Å². The highest BCUT2D eigenvalue weighted by Crippen LogP contribution is 2.38. The van der Waals surface area contributed by atoms with Crippen LogP contribution in [0.3, 0.4) is 0 Å². The Morgan fingerprint density at radius 2 is 1.86 bits per heavy atom. The number of alkyl halides is 1. The maximum atomic E-state index is 12.7. The zero-order valence-corrected chi connectivity index (χ0v) is 19.0. The molecule has 1 aromatic carbocycles. The van der Waals surface area contributed by atoms with Gasteiger partial charge < -0.3 is 11.1 Å². The summed E-state index contributed by atoms with van der Waals surface area (Å²) >= 11 is 6.52. The van der Waals surface area contributed by atoms with Crippen molar-refractivity contribution in [1.82, 2.24) is 14.5 Å². The molecular formula is C19H30Cl2N4O3S. The van der Waals surface area contributed by atoms with Gasteiger partial charge in [0.25, 0.3) is 5.91 Å². The molecule has 0 spiro atoms. The van der Waals surface area contributed by atoms with Crippen LogP contribution < -0.4 is 11.1 Å². The number of nitrogens with zero attached hydrogens (tertiary/aromatic N) is 2. The second-order valence-corrected chi connectivity index (χ2v) is 10.4. The minimum absolute atomic E-state index is 0. The van der Waals surface area contributed by atoms with Gasteiger partial charge in [-0.25, -0.2) is 8.42 Å². The lowest BCUT2D eigenvalue weighted by Gasteiger charge is -2.53. The summed E-state index contributed by atoms with van der Waals surface area (Å²) in [6, 6.07) is 9.00. The molecule has 0 bridgehead atoms. The molecule has 2 aliphatic rings. The van der Waals surface area contributed by atoms with Gasteiger partial charge in [0, 0.05) is 37.1 Å². The van der Waals surface area contributed by atoms with Gasteiger partial charge in [0.05, 0.1) is 18.0 Å². The number of piperazine rings is 1. The number of rotatable bonds is 5. The summed E-state index contributed by atoms with van der Waals surface area (Å²) < 4.78 is 25.2. The van der Waals surface area contributed by atoms with E-state index in [4.69, 9.17) is 17.3 Å². The second-order valence-electron chi connectivity index (χ2n) is 7.76. The molecule has 1 amide bonds. The molecule has 0 radical (unpaired) electrons. The average Bonchev–Trinajstić information content (AvgIpc) is 2.68. The van der Waals surface area contributed by atoms with E-state index in [-0.39, 0.29) is 23.7 Å². The van der Waals surface area contributed by atoms with Crippen LogP contribution >= 0.6 is 24.0 Å². The third-order valence-corrected chi connectivity index (χ3v) is 7.62. The van der Waals surface area contributed by atoms with E-state index in [1.165, 1.54) is 10.6 Å². The minimum atomic E-state index is -3.21. The first-order valence-electron chi connectivity index (χ1n) is 9.68. The van der Waals surface area contributed by atoms with Gasteiger partial charge in [0.2, 0.25) is 10.0 Å². The first-order valence-corrected chi connectivity index (χ1v) is 12.0. The van der Waals surface area contributed by atoms with E-state index >= 15 is 0 Å². The Morgan fingerprint density at radius 1 is 1.24 bits per heavy atom. The SMILES string of the molecule is CS(=O)(=O)N1CCN(C2(C(N)NC(=O)c3ccccc3)CCCC(Cl)C2)CC1.Cl. The van der Waals surface area contributed by atoms with Crippen molar-refractivity contribution in [3.63, 3.8) is 0 Å². The van der Waals surface area contributed by atoms with E-state index in [0.717, 1.165) is 19.3 Å². The van der Waals surface area contributed by atoms with Crippen LogP contribution in [0.25, 0.3) is 0 Å². The van der Waals surface area contributed by atoms with E-state index in [0.29, 0.717) is 38.2 Å². The largest absolute Gasteiger partial charge is 0.335 e. The average molecular weight is 465 g/mol. The Morgan fingerprint density at radius 3 is 2.41 bits per heavy atom. The van der Waals surface area contributed by atoms with Crippen LogP contribution in [0.5, 0.6) is 0 Å². The summed E-state index contributed by atoms with van der Waals surface area (Å²) in [5.74, 6) is -0.209. The number of nitrogens with one attached hydrogen (secondary N) is 1. The molecule has 1 aromatic rings. The number of hydrogen-bond acceptors (Lipinski definition) is 5. The summed E-state index contributed by atoms with van der Waals surface area (Å²) in [6.07, 6.45) is 3.99. The number of sulfonamides is 1. The molecule has 3 rings (SSSR count). The van der Waals surface area contributed by atoms with E-state index in [1.54, 1.807) is 12.1 Å². The Labute approximate surface area is 184 Å². The first kappa shape index (κ1) is 24.4. The fourth-order valence-electron chi connectivity index (χ4n) is 4.40. The number of nitrogens with two attached hydrogens (primary N) is 1. The van der Waals surface area contributed by atoms with E-state index < -0.39 is 21.7 Å². The molecule has 0 aromatic heterocycles. The summed E-state index contributed by atoms with van der Waals surface area (Å²) in [4.78, 5) is 14.9. The second kappa shape index (κ2) is 9.94. The number of carbonyl (C=O) groups is 1. The van der Waals surface area contributed by atoms with Crippen molar-refractivity contribution in [2.45, 2.75) is 42.8 Å². The van der Waals surface area contributed by atoms with Crippen molar-refractivity contribution < 1.29 is 13.2 Å². The highest BCUT2D eigenvalue weighted by molar-refractivity contribution is 7.88. The third-order valence-electron chi connectivity index (χ3n) is 5.94. The molecule has 164 valence electrons. The normalized spacial score (nSPS) is 27.6. The third kappa shape index (κ3) is 5.62. The topological polar surface area (TPSA) is 95.7 Å². The van der Waals surface area contributed by atoms with Crippen molar-refractivity contribution in [1.29, 1.82) is 0 Å². The van der Waals surface area contributed by atoms with Crippen LogP contribution in [0.2, 0.25) is 0 Å². The van der Waals surface area contributed by atoms with Crippen LogP contribution in [0.4, 0.5) is 0 Å². The smallest absolute Gasteiger partial charge is 0.252 e. The van der Waals surface area contributed by atoms with Gasteiger partial charge in [-0.1, -0.05) is 24.6 Å². The Bertz CT molecular complexity index is 788. The highest BCUT2D eigenvalue weighted by Gasteiger charge is 2.47. The summed E-state index contributed by atoms with van der Waals surface area (Å²) in [6.45, 7) is 2.00. The quantitative estimate of drug-likeness (QED) is 0.509. The van der Waals surface area contributed by atoms with Gasteiger partial charge in [0.15, 0.2) is 0 Å². The standard InChI is InChI=1S/C19H29ClN4O3S.ClH/c1-28(26,27)24-12-10-23(11-13-24)19(9-5-8-16(20)14-19)18(21)22-17(25)15-6-3-2-4-7-15;/h2-4,6-7,16,18H,5,8-14,21H2,1H3,(H,22,25);1H. The molecule has 29 heavy (non-hydrogen) atoms. The monoisotopic (exact) mass is 464 g/mol. The summed E-state index contributed by atoms with van der Waals surface area (Å²) in [5.41, 5.74) is 6.66. The van der Waals surface area contributed by atoms with E-state index in [2.05, 4.69) is 10.2 Å².